The van der Waals surface area contributed by atoms with Gasteiger partial charge in [0.25, 0.3) is 20.2 Å². The molecule has 3 rings (SSSR count). The number of nitrogens with zero attached hydrogens (tertiary/aromatic N) is 2. The SMILES string of the molecule is Cc1cc(N)ccc1/N=N/c1cc(S(=O)(=O)O)c2cccc(S(=O)(=O)O)c2c1. The van der Waals surface area contributed by atoms with Crippen molar-refractivity contribution < 1.29 is 25.9 Å². The monoisotopic (exact) mass is 421 g/mol. The number of nitrogens with two attached hydrogens (primary N) is 1. The average Bonchev–Trinajstić information content (AvgIpc) is 2.58. The molecule has 11 heteroatoms. The van der Waals surface area contributed by atoms with E-state index in [0.717, 1.165) is 17.7 Å². The zero-order valence-corrected chi connectivity index (χ0v) is 16.1. The molecule has 9 nitrogen and oxygen atoms in total. The van der Waals surface area contributed by atoms with Crippen molar-refractivity contribution in [3.63, 3.8) is 0 Å². The predicted octanol–water partition coefficient (Wildman–Crippen LogP) is 3.64. The van der Waals surface area contributed by atoms with Gasteiger partial charge in [0.05, 0.1) is 11.4 Å². The minimum absolute atomic E-state index is 0.0348. The molecule has 0 bridgehead atoms. The maximum atomic E-state index is 11.8. The molecule has 3 aromatic carbocycles. The lowest BCUT2D eigenvalue weighted by atomic mass is 10.1. The van der Waals surface area contributed by atoms with Crippen molar-refractivity contribution in [1.29, 1.82) is 0 Å². The van der Waals surface area contributed by atoms with E-state index < -0.39 is 30.0 Å². The Morgan fingerprint density at radius 2 is 1.50 bits per heavy atom. The maximum absolute atomic E-state index is 11.8. The first-order valence-electron chi connectivity index (χ1n) is 7.76. The molecular weight excluding hydrogens is 406 g/mol. The molecule has 146 valence electrons. The summed E-state index contributed by atoms with van der Waals surface area (Å²) in [6, 6.07) is 10.9. The Morgan fingerprint density at radius 1 is 0.821 bits per heavy atom. The van der Waals surface area contributed by atoms with Gasteiger partial charge in [0.15, 0.2) is 0 Å². The second-order valence-electron chi connectivity index (χ2n) is 5.99. The summed E-state index contributed by atoms with van der Waals surface area (Å²) in [4.78, 5) is -1.07. The van der Waals surface area contributed by atoms with Gasteiger partial charge >= 0.3 is 0 Å². The summed E-state index contributed by atoms with van der Waals surface area (Å²) < 4.78 is 65.8. The number of azo groups is 1. The molecule has 0 heterocycles. The Morgan fingerprint density at radius 3 is 2.11 bits per heavy atom. The molecule has 3 aromatic rings. The number of fused-ring (bicyclic) bond motifs is 1. The standard InChI is InChI=1S/C17H15N3O6S2/c1-10-7-11(18)5-6-15(10)20-19-12-8-14-13(17(9-12)28(24,25)26)3-2-4-16(14)27(21,22)23/h2-9H,18H2,1H3,(H,21,22,23)(H,24,25,26)/b20-19+. The highest BCUT2D eigenvalue weighted by molar-refractivity contribution is 7.86. The minimum Gasteiger partial charge on any atom is -0.399 e. The van der Waals surface area contributed by atoms with Gasteiger partial charge in [-0.3, -0.25) is 9.11 Å². The molecule has 0 aliphatic heterocycles. The Labute approximate surface area is 161 Å². The van der Waals surface area contributed by atoms with Crippen molar-refractivity contribution in [2.24, 2.45) is 10.2 Å². The molecule has 0 atom stereocenters. The van der Waals surface area contributed by atoms with E-state index in [-0.39, 0.29) is 16.5 Å². The van der Waals surface area contributed by atoms with Gasteiger partial charge in [0.2, 0.25) is 0 Å². The lowest BCUT2D eigenvalue weighted by Gasteiger charge is -2.09. The normalized spacial score (nSPS) is 12.7. The Balaban J connectivity index is 2.28. The van der Waals surface area contributed by atoms with Gasteiger partial charge in [0, 0.05) is 16.5 Å². The largest absolute Gasteiger partial charge is 0.399 e. The van der Waals surface area contributed by atoms with Crippen molar-refractivity contribution in [3.8, 4) is 0 Å². The highest BCUT2D eigenvalue weighted by atomic mass is 32.2. The first-order valence-corrected chi connectivity index (χ1v) is 10.6. The second kappa shape index (κ2) is 6.95. The van der Waals surface area contributed by atoms with Crippen LogP contribution in [0.4, 0.5) is 17.1 Å². The molecule has 0 saturated carbocycles. The van der Waals surface area contributed by atoms with Crippen molar-refractivity contribution in [2.75, 3.05) is 5.73 Å². The van der Waals surface area contributed by atoms with E-state index in [1.807, 2.05) is 0 Å². The molecule has 0 unspecified atom stereocenters. The molecule has 0 saturated heterocycles. The summed E-state index contributed by atoms with van der Waals surface area (Å²) in [7, 11) is -9.36. The van der Waals surface area contributed by atoms with E-state index in [0.29, 0.717) is 11.4 Å². The molecule has 28 heavy (non-hydrogen) atoms. The quantitative estimate of drug-likeness (QED) is 0.329. The fraction of sp³-hybridized carbons (Fsp3) is 0.0588. The molecule has 0 fully saturated rings. The first-order chi connectivity index (χ1) is 13.0. The minimum atomic E-state index is -4.71. The first kappa shape index (κ1) is 19.9. The van der Waals surface area contributed by atoms with Crippen LogP contribution in [-0.2, 0) is 20.2 Å². The van der Waals surface area contributed by atoms with Crippen molar-refractivity contribution in [3.05, 3.63) is 54.1 Å². The Hall–Kier alpha value is -2.86. The highest BCUT2D eigenvalue weighted by Gasteiger charge is 2.21. The van der Waals surface area contributed by atoms with Crippen molar-refractivity contribution in [2.45, 2.75) is 16.7 Å². The third kappa shape index (κ3) is 4.02. The number of nitrogen functional groups attached to an aromatic ring is 1. The van der Waals surface area contributed by atoms with Crippen LogP contribution >= 0.6 is 0 Å². The van der Waals surface area contributed by atoms with Crippen LogP contribution in [0.25, 0.3) is 10.8 Å². The van der Waals surface area contributed by atoms with Crippen LogP contribution in [-0.4, -0.2) is 25.9 Å². The van der Waals surface area contributed by atoms with E-state index in [2.05, 4.69) is 10.2 Å². The number of anilines is 1. The summed E-state index contributed by atoms with van der Waals surface area (Å²) in [5.74, 6) is 0. The van der Waals surface area contributed by atoms with Crippen LogP contribution in [0.3, 0.4) is 0 Å². The fourth-order valence-electron chi connectivity index (χ4n) is 2.71. The molecule has 0 aromatic heterocycles. The molecule has 4 N–H and O–H groups in total. The highest BCUT2D eigenvalue weighted by Crippen LogP contribution is 2.34. The number of benzene rings is 3. The summed E-state index contributed by atoms with van der Waals surface area (Å²) in [5.41, 5.74) is 7.36. The number of hydrogen-bond donors (Lipinski definition) is 3. The molecule has 0 radical (unpaired) electrons. The van der Waals surface area contributed by atoms with Crippen LogP contribution in [0.1, 0.15) is 5.56 Å². The zero-order chi connectivity index (χ0) is 20.7. The Kier molecular flexibility index (Phi) is 4.93. The molecule has 0 spiro atoms. The van der Waals surface area contributed by atoms with Crippen LogP contribution in [0.5, 0.6) is 0 Å². The second-order valence-corrected chi connectivity index (χ2v) is 8.77. The zero-order valence-electron chi connectivity index (χ0n) is 14.4. The fourth-order valence-corrected chi connectivity index (χ4v) is 4.13. The van der Waals surface area contributed by atoms with Crippen LogP contribution in [0, 0.1) is 6.92 Å². The van der Waals surface area contributed by atoms with Gasteiger partial charge in [-0.1, -0.05) is 12.1 Å². The predicted molar refractivity (Wildman–Crippen MR) is 103 cm³/mol. The van der Waals surface area contributed by atoms with Gasteiger partial charge in [-0.2, -0.15) is 27.1 Å². The third-order valence-electron chi connectivity index (χ3n) is 3.95. The number of hydrogen-bond acceptors (Lipinski definition) is 7. The number of rotatable bonds is 4. The Bertz CT molecular complexity index is 1330. The van der Waals surface area contributed by atoms with Crippen LogP contribution in [0.15, 0.2) is 68.6 Å². The van der Waals surface area contributed by atoms with E-state index in [1.165, 1.54) is 18.2 Å². The number of aryl methyl sites for hydroxylation is 1. The lowest BCUT2D eigenvalue weighted by Crippen LogP contribution is -2.03. The summed E-state index contributed by atoms with van der Waals surface area (Å²) in [6.45, 7) is 1.76. The lowest BCUT2D eigenvalue weighted by molar-refractivity contribution is 0.481. The smallest absolute Gasteiger partial charge is 0.295 e. The summed E-state index contributed by atoms with van der Waals surface area (Å²) in [5, 5.41) is 7.76. The van der Waals surface area contributed by atoms with E-state index >= 15 is 0 Å². The van der Waals surface area contributed by atoms with Gasteiger partial charge in [-0.15, -0.1) is 0 Å². The van der Waals surface area contributed by atoms with Crippen LogP contribution in [0.2, 0.25) is 0 Å². The van der Waals surface area contributed by atoms with Crippen molar-refractivity contribution >= 4 is 48.1 Å². The van der Waals surface area contributed by atoms with Gasteiger partial charge in [0.1, 0.15) is 9.79 Å². The average molecular weight is 421 g/mol. The molecule has 0 amide bonds. The van der Waals surface area contributed by atoms with E-state index in [1.54, 1.807) is 25.1 Å². The molecule has 0 aliphatic rings. The third-order valence-corrected chi connectivity index (χ3v) is 5.76. The van der Waals surface area contributed by atoms with E-state index in [4.69, 9.17) is 5.73 Å². The van der Waals surface area contributed by atoms with E-state index in [9.17, 15) is 25.9 Å². The topological polar surface area (TPSA) is 159 Å². The van der Waals surface area contributed by atoms with Crippen LogP contribution < -0.4 is 5.73 Å². The molecular formula is C17H15N3O6S2. The summed E-state index contributed by atoms with van der Waals surface area (Å²) >= 11 is 0. The van der Waals surface area contributed by atoms with Crippen molar-refractivity contribution in [1.82, 2.24) is 0 Å². The summed E-state index contributed by atoms with van der Waals surface area (Å²) in [6.07, 6.45) is 0. The maximum Gasteiger partial charge on any atom is 0.295 e. The van der Waals surface area contributed by atoms with Gasteiger partial charge in [-0.05, 0) is 48.9 Å². The van der Waals surface area contributed by atoms with Gasteiger partial charge < -0.3 is 5.73 Å². The van der Waals surface area contributed by atoms with Gasteiger partial charge in [-0.25, -0.2) is 0 Å². The molecule has 0 aliphatic carbocycles.